The minimum Gasteiger partial charge on any atom is -0.508 e. The molecule has 1 aliphatic carbocycles. The predicted octanol–water partition coefficient (Wildman–Crippen LogP) is 1.30. The van der Waals surface area contributed by atoms with Gasteiger partial charge >= 0.3 is 0 Å². The summed E-state index contributed by atoms with van der Waals surface area (Å²) in [6.07, 6.45) is 3.03. The van der Waals surface area contributed by atoms with Crippen molar-refractivity contribution in [3.8, 4) is 11.5 Å². The molecule has 19 heavy (non-hydrogen) atoms. The van der Waals surface area contributed by atoms with Crippen LogP contribution in [0.15, 0.2) is 18.2 Å². The van der Waals surface area contributed by atoms with Gasteiger partial charge in [0.1, 0.15) is 11.5 Å². The molecule has 1 aliphatic rings. The molecule has 4 N–H and O–H groups in total. The second-order valence-corrected chi connectivity index (χ2v) is 5.11. The Morgan fingerprint density at radius 1 is 1.42 bits per heavy atom. The van der Waals surface area contributed by atoms with Crippen LogP contribution in [0.25, 0.3) is 0 Å². The van der Waals surface area contributed by atoms with Gasteiger partial charge in [-0.25, -0.2) is 0 Å². The zero-order valence-electron chi connectivity index (χ0n) is 11.0. The third-order valence-corrected chi connectivity index (χ3v) is 3.95. The van der Waals surface area contributed by atoms with Crippen molar-refractivity contribution in [1.82, 2.24) is 4.90 Å². The van der Waals surface area contributed by atoms with Crippen LogP contribution in [0.1, 0.15) is 29.6 Å². The van der Waals surface area contributed by atoms with E-state index in [-0.39, 0.29) is 29.0 Å². The quantitative estimate of drug-likeness (QED) is 0.718. The van der Waals surface area contributed by atoms with Crippen LogP contribution >= 0.6 is 0 Å². The lowest BCUT2D eigenvalue weighted by atomic mass is 10.0. The Balaban J connectivity index is 2.21. The van der Waals surface area contributed by atoms with E-state index in [1.54, 1.807) is 11.9 Å². The van der Waals surface area contributed by atoms with Crippen LogP contribution in [0.2, 0.25) is 0 Å². The molecule has 0 spiro atoms. The zero-order valence-corrected chi connectivity index (χ0v) is 11.0. The summed E-state index contributed by atoms with van der Waals surface area (Å²) in [6, 6.07) is 4.08. The molecule has 0 bridgehead atoms. The first-order valence-corrected chi connectivity index (χ1v) is 6.53. The number of carbonyl (C=O) groups is 1. The van der Waals surface area contributed by atoms with Crippen LogP contribution in [0, 0.1) is 5.92 Å². The Morgan fingerprint density at radius 2 is 2.16 bits per heavy atom. The highest BCUT2D eigenvalue weighted by Crippen LogP contribution is 2.31. The number of rotatable bonds is 3. The maximum Gasteiger partial charge on any atom is 0.257 e. The highest BCUT2D eigenvalue weighted by Gasteiger charge is 2.32. The van der Waals surface area contributed by atoms with Gasteiger partial charge in [-0.2, -0.15) is 0 Å². The van der Waals surface area contributed by atoms with Gasteiger partial charge in [0.2, 0.25) is 0 Å². The molecule has 0 heterocycles. The fraction of sp³-hybridized carbons (Fsp3) is 0.500. The molecule has 1 amide bonds. The molecule has 0 radical (unpaired) electrons. The van der Waals surface area contributed by atoms with Crippen molar-refractivity contribution >= 4 is 5.91 Å². The summed E-state index contributed by atoms with van der Waals surface area (Å²) in [4.78, 5) is 14.0. The van der Waals surface area contributed by atoms with Crippen molar-refractivity contribution in [2.24, 2.45) is 11.7 Å². The van der Waals surface area contributed by atoms with Gasteiger partial charge in [-0.15, -0.1) is 0 Å². The van der Waals surface area contributed by atoms with Crippen LogP contribution in [0.4, 0.5) is 0 Å². The molecular formula is C14H20N2O3. The smallest absolute Gasteiger partial charge is 0.257 e. The third-order valence-electron chi connectivity index (χ3n) is 3.95. The fourth-order valence-corrected chi connectivity index (χ4v) is 2.84. The molecule has 1 aromatic rings. The number of hydrogen-bond donors (Lipinski definition) is 3. The summed E-state index contributed by atoms with van der Waals surface area (Å²) < 4.78 is 0. The first kappa shape index (κ1) is 13.7. The lowest BCUT2D eigenvalue weighted by Gasteiger charge is -2.29. The minimum atomic E-state index is -0.279. The number of benzene rings is 1. The maximum atomic E-state index is 12.4. The number of hydrogen-bond acceptors (Lipinski definition) is 4. The van der Waals surface area contributed by atoms with Crippen molar-refractivity contribution in [3.05, 3.63) is 23.8 Å². The van der Waals surface area contributed by atoms with Crippen LogP contribution in [0.3, 0.4) is 0 Å². The molecule has 0 aliphatic heterocycles. The minimum absolute atomic E-state index is 0.0312. The van der Waals surface area contributed by atoms with Crippen LogP contribution in [-0.4, -0.2) is 40.7 Å². The third kappa shape index (κ3) is 2.66. The summed E-state index contributed by atoms with van der Waals surface area (Å²) in [7, 11) is 1.73. The number of nitrogens with two attached hydrogens (primary N) is 1. The first-order valence-electron chi connectivity index (χ1n) is 6.53. The highest BCUT2D eigenvalue weighted by atomic mass is 16.3. The van der Waals surface area contributed by atoms with E-state index in [2.05, 4.69) is 0 Å². The van der Waals surface area contributed by atoms with Crippen molar-refractivity contribution < 1.29 is 15.0 Å². The summed E-state index contributed by atoms with van der Waals surface area (Å²) >= 11 is 0. The Bertz CT molecular complexity index is 476. The Labute approximate surface area is 112 Å². The molecule has 1 aromatic carbocycles. The van der Waals surface area contributed by atoms with E-state index < -0.39 is 0 Å². The highest BCUT2D eigenvalue weighted by molar-refractivity contribution is 5.97. The summed E-state index contributed by atoms with van der Waals surface area (Å²) in [5.41, 5.74) is 5.86. The van der Waals surface area contributed by atoms with Crippen LogP contribution in [-0.2, 0) is 0 Å². The van der Waals surface area contributed by atoms with Gasteiger partial charge in [-0.1, -0.05) is 6.42 Å². The van der Waals surface area contributed by atoms with Gasteiger partial charge in [-0.05, 0) is 43.5 Å². The van der Waals surface area contributed by atoms with E-state index in [0.717, 1.165) is 19.3 Å². The number of phenolic OH excluding ortho intramolecular Hbond substituents is 2. The number of phenols is 2. The van der Waals surface area contributed by atoms with E-state index in [4.69, 9.17) is 5.73 Å². The number of carbonyl (C=O) groups excluding carboxylic acids is 1. The topological polar surface area (TPSA) is 86.8 Å². The fourth-order valence-electron chi connectivity index (χ4n) is 2.84. The van der Waals surface area contributed by atoms with Crippen molar-refractivity contribution in [3.63, 3.8) is 0 Å². The second kappa shape index (κ2) is 5.48. The van der Waals surface area contributed by atoms with Gasteiger partial charge < -0.3 is 20.8 Å². The van der Waals surface area contributed by atoms with E-state index in [9.17, 15) is 15.0 Å². The molecule has 5 heteroatoms. The number of amides is 1. The van der Waals surface area contributed by atoms with E-state index in [1.165, 1.54) is 18.2 Å². The molecule has 2 atom stereocenters. The standard InChI is InChI=1S/C14H20N2O3/c1-16(12-4-2-3-9(12)8-15)14(19)11-7-10(17)5-6-13(11)18/h5-7,9,12,17-18H,2-4,8,15H2,1H3. The van der Waals surface area contributed by atoms with Crippen LogP contribution in [0.5, 0.6) is 11.5 Å². The van der Waals surface area contributed by atoms with E-state index in [0.29, 0.717) is 12.5 Å². The van der Waals surface area contributed by atoms with Crippen LogP contribution < -0.4 is 5.73 Å². The molecule has 104 valence electrons. The molecule has 5 nitrogen and oxygen atoms in total. The normalized spacial score (nSPS) is 22.4. The Hall–Kier alpha value is -1.75. The SMILES string of the molecule is CN(C(=O)c1cc(O)ccc1O)C1CCCC1CN. The Morgan fingerprint density at radius 3 is 2.84 bits per heavy atom. The van der Waals surface area contributed by atoms with Gasteiger partial charge in [-0.3, -0.25) is 4.79 Å². The monoisotopic (exact) mass is 264 g/mol. The summed E-state index contributed by atoms with van der Waals surface area (Å²) in [5.74, 6) is -0.111. The summed E-state index contributed by atoms with van der Waals surface area (Å²) in [6.45, 7) is 0.564. The lowest BCUT2D eigenvalue weighted by Crippen LogP contribution is -2.41. The molecule has 1 saturated carbocycles. The van der Waals surface area contributed by atoms with Gasteiger partial charge in [0.15, 0.2) is 0 Å². The molecular weight excluding hydrogens is 244 g/mol. The van der Waals surface area contributed by atoms with Crippen molar-refractivity contribution in [2.75, 3.05) is 13.6 Å². The molecule has 0 saturated heterocycles. The molecule has 1 fully saturated rings. The molecule has 2 rings (SSSR count). The predicted molar refractivity (Wildman–Crippen MR) is 72.0 cm³/mol. The van der Waals surface area contributed by atoms with Gasteiger partial charge in [0.05, 0.1) is 5.56 Å². The van der Waals surface area contributed by atoms with E-state index in [1.807, 2.05) is 0 Å². The zero-order chi connectivity index (χ0) is 14.0. The maximum absolute atomic E-state index is 12.4. The number of aromatic hydroxyl groups is 2. The molecule has 0 aromatic heterocycles. The van der Waals surface area contributed by atoms with Gasteiger partial charge in [0.25, 0.3) is 5.91 Å². The van der Waals surface area contributed by atoms with Gasteiger partial charge in [0, 0.05) is 13.1 Å². The number of nitrogens with zero attached hydrogens (tertiary/aromatic N) is 1. The molecule has 2 unspecified atom stereocenters. The second-order valence-electron chi connectivity index (χ2n) is 5.11. The average molecular weight is 264 g/mol. The van der Waals surface area contributed by atoms with Crippen molar-refractivity contribution in [1.29, 1.82) is 0 Å². The Kier molecular flexibility index (Phi) is 3.95. The lowest BCUT2D eigenvalue weighted by molar-refractivity contribution is 0.0696. The van der Waals surface area contributed by atoms with E-state index >= 15 is 0 Å². The summed E-state index contributed by atoms with van der Waals surface area (Å²) in [5, 5.41) is 19.2. The van der Waals surface area contributed by atoms with Crippen molar-refractivity contribution in [2.45, 2.75) is 25.3 Å². The largest absolute Gasteiger partial charge is 0.508 e. The first-order chi connectivity index (χ1) is 9.04. The average Bonchev–Trinajstić information content (AvgIpc) is 2.88.